The highest BCUT2D eigenvalue weighted by atomic mass is 16.2. The Morgan fingerprint density at radius 3 is 2.56 bits per heavy atom. The van der Waals surface area contributed by atoms with Gasteiger partial charge in [-0.2, -0.15) is 0 Å². The minimum absolute atomic E-state index is 0.0620. The number of carbonyl (C=O) groups excluding carboxylic acids is 2. The molecule has 0 bridgehead atoms. The number of nitrogens with zero attached hydrogens (tertiary/aromatic N) is 1. The first-order chi connectivity index (χ1) is 8.49. The average molecular weight is 254 g/mol. The molecule has 2 amide bonds. The maximum atomic E-state index is 12.0. The van der Waals surface area contributed by atoms with Crippen molar-refractivity contribution in [1.82, 2.24) is 10.2 Å². The van der Waals surface area contributed by atoms with E-state index in [-0.39, 0.29) is 17.9 Å². The maximum Gasteiger partial charge on any atom is 0.246 e. The Bertz CT molecular complexity index is 304. The Balaban J connectivity index is 2.54. The van der Waals surface area contributed by atoms with Gasteiger partial charge in [0.25, 0.3) is 0 Å². The van der Waals surface area contributed by atoms with Gasteiger partial charge in [-0.25, -0.2) is 0 Å². The number of likely N-dealkylation sites (tertiary alicyclic amines) is 1. The number of piperidine rings is 1. The fourth-order valence-electron chi connectivity index (χ4n) is 2.36. The van der Waals surface area contributed by atoms with Gasteiger partial charge in [0.05, 0.1) is 6.04 Å². The van der Waals surface area contributed by atoms with Crippen molar-refractivity contribution in [2.24, 2.45) is 5.92 Å². The summed E-state index contributed by atoms with van der Waals surface area (Å²) in [6.07, 6.45) is 4.38. The Hall–Kier alpha value is -0.900. The number of likely N-dealkylation sites (N-methyl/N-ethyl adjacent to an activating group) is 1. The van der Waals surface area contributed by atoms with Crippen LogP contribution in [0.1, 0.15) is 52.9 Å². The highest BCUT2D eigenvalue weighted by molar-refractivity contribution is 6.00. The molecule has 4 nitrogen and oxygen atoms in total. The van der Waals surface area contributed by atoms with Crippen LogP contribution in [0.15, 0.2) is 0 Å². The van der Waals surface area contributed by atoms with E-state index in [1.54, 1.807) is 7.05 Å². The second kappa shape index (κ2) is 6.88. The van der Waals surface area contributed by atoms with Gasteiger partial charge in [-0.3, -0.25) is 14.5 Å². The molecule has 4 heteroatoms. The lowest BCUT2D eigenvalue weighted by Gasteiger charge is -2.32. The van der Waals surface area contributed by atoms with Crippen molar-refractivity contribution in [1.29, 1.82) is 0 Å². The zero-order chi connectivity index (χ0) is 13.7. The Labute approximate surface area is 110 Å². The molecule has 3 atom stereocenters. The molecule has 1 aliphatic heterocycles. The average Bonchev–Trinajstić information content (AvgIpc) is 2.38. The first kappa shape index (κ1) is 15.2. The number of imide groups is 1. The molecule has 0 aromatic carbocycles. The minimum atomic E-state index is -0.179. The van der Waals surface area contributed by atoms with Crippen LogP contribution in [0.3, 0.4) is 0 Å². The van der Waals surface area contributed by atoms with Crippen LogP contribution in [-0.4, -0.2) is 35.8 Å². The van der Waals surface area contributed by atoms with Crippen molar-refractivity contribution < 1.29 is 9.59 Å². The van der Waals surface area contributed by atoms with E-state index >= 15 is 0 Å². The zero-order valence-corrected chi connectivity index (χ0v) is 12.0. The van der Waals surface area contributed by atoms with E-state index in [4.69, 9.17) is 0 Å². The summed E-state index contributed by atoms with van der Waals surface area (Å²) in [5.74, 6) is 0.530. The van der Waals surface area contributed by atoms with Crippen LogP contribution >= 0.6 is 0 Å². The molecule has 3 unspecified atom stereocenters. The van der Waals surface area contributed by atoms with Crippen molar-refractivity contribution >= 4 is 11.8 Å². The molecular weight excluding hydrogens is 228 g/mol. The van der Waals surface area contributed by atoms with Crippen LogP contribution in [0.2, 0.25) is 0 Å². The van der Waals surface area contributed by atoms with Crippen molar-refractivity contribution in [3.8, 4) is 0 Å². The third-order valence-electron chi connectivity index (χ3n) is 3.96. The number of hydrogen-bond donors (Lipinski definition) is 1. The molecule has 1 aliphatic rings. The van der Waals surface area contributed by atoms with Crippen LogP contribution in [-0.2, 0) is 9.59 Å². The van der Waals surface area contributed by atoms with E-state index in [9.17, 15) is 9.59 Å². The van der Waals surface area contributed by atoms with Gasteiger partial charge in [0.1, 0.15) is 0 Å². The molecule has 18 heavy (non-hydrogen) atoms. The highest BCUT2D eigenvalue weighted by Crippen LogP contribution is 2.16. The fraction of sp³-hybridized carbons (Fsp3) is 0.857. The molecule has 0 spiro atoms. The summed E-state index contributed by atoms with van der Waals surface area (Å²) in [6.45, 7) is 6.57. The van der Waals surface area contributed by atoms with Gasteiger partial charge in [-0.1, -0.05) is 27.2 Å². The van der Waals surface area contributed by atoms with Gasteiger partial charge < -0.3 is 5.32 Å². The number of amides is 2. The molecule has 0 saturated carbocycles. The van der Waals surface area contributed by atoms with Gasteiger partial charge >= 0.3 is 0 Å². The summed E-state index contributed by atoms with van der Waals surface area (Å²) in [5, 5.41) is 3.43. The first-order valence-corrected chi connectivity index (χ1v) is 7.06. The van der Waals surface area contributed by atoms with Crippen LogP contribution in [0.25, 0.3) is 0 Å². The van der Waals surface area contributed by atoms with E-state index < -0.39 is 0 Å². The summed E-state index contributed by atoms with van der Waals surface area (Å²) >= 11 is 0. The lowest BCUT2D eigenvalue weighted by atomic mass is 9.95. The number of rotatable bonds is 6. The van der Waals surface area contributed by atoms with Crippen molar-refractivity contribution in [3.05, 3.63) is 0 Å². The SMILES string of the molecule is CCC(C)CC(CC)NC1CCC(=O)N(C)C1=O. The van der Waals surface area contributed by atoms with Crippen LogP contribution in [0.5, 0.6) is 0 Å². The molecule has 1 rings (SSSR count). The molecule has 104 valence electrons. The molecule has 0 radical (unpaired) electrons. The minimum Gasteiger partial charge on any atom is -0.303 e. The molecule has 1 fully saturated rings. The maximum absolute atomic E-state index is 12.0. The summed E-state index contributed by atoms with van der Waals surface area (Å²) in [6, 6.07) is 0.192. The summed E-state index contributed by atoms with van der Waals surface area (Å²) in [4.78, 5) is 24.7. The number of nitrogens with one attached hydrogen (secondary N) is 1. The van der Waals surface area contributed by atoms with Gasteiger partial charge in [0.15, 0.2) is 0 Å². The Morgan fingerprint density at radius 1 is 1.33 bits per heavy atom. The lowest BCUT2D eigenvalue weighted by Crippen LogP contribution is -2.54. The summed E-state index contributed by atoms with van der Waals surface area (Å²) < 4.78 is 0. The zero-order valence-electron chi connectivity index (χ0n) is 12.0. The molecule has 0 aromatic rings. The molecule has 1 N–H and O–H groups in total. The monoisotopic (exact) mass is 254 g/mol. The number of carbonyl (C=O) groups is 2. The second-order valence-corrected chi connectivity index (χ2v) is 5.40. The van der Waals surface area contributed by atoms with E-state index in [2.05, 4.69) is 26.1 Å². The molecule has 0 aromatic heterocycles. The third kappa shape index (κ3) is 3.80. The Kier molecular flexibility index (Phi) is 5.79. The van der Waals surface area contributed by atoms with Crippen LogP contribution in [0, 0.1) is 5.92 Å². The van der Waals surface area contributed by atoms with E-state index in [1.165, 1.54) is 4.90 Å². The molecular formula is C14H26N2O2. The predicted octanol–water partition coefficient (Wildman–Crippen LogP) is 1.94. The normalized spacial score (nSPS) is 24.2. The fourth-order valence-corrected chi connectivity index (χ4v) is 2.36. The van der Waals surface area contributed by atoms with E-state index in [0.717, 1.165) is 19.3 Å². The van der Waals surface area contributed by atoms with Gasteiger partial charge in [-0.15, -0.1) is 0 Å². The van der Waals surface area contributed by atoms with Crippen LogP contribution < -0.4 is 5.32 Å². The quantitative estimate of drug-likeness (QED) is 0.737. The van der Waals surface area contributed by atoms with Crippen molar-refractivity contribution in [2.45, 2.75) is 65.0 Å². The summed E-state index contributed by atoms with van der Waals surface area (Å²) in [7, 11) is 1.58. The molecule has 1 heterocycles. The predicted molar refractivity (Wildman–Crippen MR) is 72.1 cm³/mol. The van der Waals surface area contributed by atoms with Crippen LogP contribution in [0.4, 0.5) is 0 Å². The summed E-state index contributed by atoms with van der Waals surface area (Å²) in [5.41, 5.74) is 0. The van der Waals surface area contributed by atoms with Crippen molar-refractivity contribution in [2.75, 3.05) is 7.05 Å². The van der Waals surface area contributed by atoms with Gasteiger partial charge in [-0.05, 0) is 25.2 Å². The molecule has 1 saturated heterocycles. The van der Waals surface area contributed by atoms with Gasteiger partial charge in [0.2, 0.25) is 11.8 Å². The Morgan fingerprint density at radius 2 is 2.00 bits per heavy atom. The van der Waals surface area contributed by atoms with E-state index in [0.29, 0.717) is 24.8 Å². The number of hydrogen-bond acceptors (Lipinski definition) is 3. The van der Waals surface area contributed by atoms with Crippen molar-refractivity contribution in [3.63, 3.8) is 0 Å². The second-order valence-electron chi connectivity index (χ2n) is 5.40. The molecule has 0 aliphatic carbocycles. The topological polar surface area (TPSA) is 49.4 Å². The van der Waals surface area contributed by atoms with E-state index in [1.807, 2.05) is 0 Å². The smallest absolute Gasteiger partial charge is 0.246 e. The first-order valence-electron chi connectivity index (χ1n) is 7.06. The van der Waals surface area contributed by atoms with Gasteiger partial charge in [0, 0.05) is 19.5 Å². The third-order valence-corrected chi connectivity index (χ3v) is 3.96. The largest absolute Gasteiger partial charge is 0.303 e. The lowest BCUT2D eigenvalue weighted by molar-refractivity contribution is -0.148. The standard InChI is InChI=1S/C14H26N2O2/c1-5-10(3)9-11(6-2)15-12-7-8-13(17)16(4)14(12)18/h10-12,15H,5-9H2,1-4H3. The highest BCUT2D eigenvalue weighted by Gasteiger charge is 2.32.